The van der Waals surface area contributed by atoms with Crippen LogP contribution in [0, 0.1) is 13.8 Å². The lowest BCUT2D eigenvalue weighted by atomic mass is 10.4. The van der Waals surface area contributed by atoms with Crippen LogP contribution >= 0.6 is 11.3 Å². The zero-order chi connectivity index (χ0) is 13.8. The summed E-state index contributed by atoms with van der Waals surface area (Å²) in [4.78, 5) is 24.1. The summed E-state index contributed by atoms with van der Waals surface area (Å²) in [7, 11) is 0. The van der Waals surface area contributed by atoms with E-state index in [9.17, 15) is 4.79 Å². The largest absolute Gasteiger partial charge is 0.476 e. The van der Waals surface area contributed by atoms with Crippen LogP contribution in [-0.4, -0.2) is 32.6 Å². The van der Waals surface area contributed by atoms with Gasteiger partial charge in [-0.1, -0.05) is 0 Å². The van der Waals surface area contributed by atoms with Gasteiger partial charge in [-0.2, -0.15) is 0 Å². The van der Waals surface area contributed by atoms with Crippen molar-refractivity contribution in [2.24, 2.45) is 0 Å². The van der Waals surface area contributed by atoms with Crippen LogP contribution in [0.1, 0.15) is 26.1 Å². The molecule has 2 aromatic rings. The summed E-state index contributed by atoms with van der Waals surface area (Å²) in [6.45, 7) is 4.74. The lowest BCUT2D eigenvalue weighted by Gasteiger charge is -2.03. The molecule has 0 saturated heterocycles. The van der Waals surface area contributed by atoms with Gasteiger partial charge in [0.1, 0.15) is 5.82 Å². The molecular formula is C12H14N4O2S. The third kappa shape index (κ3) is 3.47. The van der Waals surface area contributed by atoms with Crippen molar-refractivity contribution < 1.29 is 9.90 Å². The monoisotopic (exact) mass is 278 g/mol. The summed E-state index contributed by atoms with van der Waals surface area (Å²) >= 11 is 1.69. The molecule has 0 bridgehead atoms. The number of aromatic carboxylic acids is 1. The van der Waals surface area contributed by atoms with Crippen LogP contribution in [0.25, 0.3) is 0 Å². The highest BCUT2D eigenvalue weighted by Gasteiger charge is 2.05. The predicted molar refractivity (Wildman–Crippen MR) is 72.8 cm³/mol. The van der Waals surface area contributed by atoms with Gasteiger partial charge in [-0.05, 0) is 13.8 Å². The van der Waals surface area contributed by atoms with Gasteiger partial charge >= 0.3 is 5.97 Å². The van der Waals surface area contributed by atoms with Crippen molar-refractivity contribution in [1.29, 1.82) is 0 Å². The number of nitrogens with zero attached hydrogens (tertiary/aromatic N) is 3. The Morgan fingerprint density at radius 1 is 1.37 bits per heavy atom. The Morgan fingerprint density at radius 2 is 2.16 bits per heavy atom. The Kier molecular flexibility index (Phi) is 4.06. The minimum atomic E-state index is -1.08. The molecule has 0 aliphatic rings. The number of hydrogen-bond acceptors (Lipinski definition) is 6. The molecule has 100 valence electrons. The molecule has 0 spiro atoms. The molecule has 2 N–H and O–H groups in total. The van der Waals surface area contributed by atoms with Crippen molar-refractivity contribution in [3.8, 4) is 0 Å². The molecule has 0 aliphatic carbocycles. The number of rotatable bonds is 5. The number of carboxylic acids is 1. The molecule has 0 radical (unpaired) electrons. The first-order valence-electron chi connectivity index (χ1n) is 5.78. The summed E-state index contributed by atoms with van der Waals surface area (Å²) < 4.78 is 0. The molecular weight excluding hydrogens is 264 g/mol. The number of carbonyl (C=O) groups is 1. The van der Waals surface area contributed by atoms with E-state index in [1.54, 1.807) is 11.3 Å². The SMILES string of the molecule is Cc1nc(CCNc2cnc(C(=O)O)cn2)sc1C. The van der Waals surface area contributed by atoms with Crippen molar-refractivity contribution in [3.05, 3.63) is 33.7 Å². The van der Waals surface area contributed by atoms with E-state index in [0.717, 1.165) is 17.1 Å². The standard InChI is InChI=1S/C12H14N4O2S/c1-7-8(2)19-11(16-7)3-4-13-10-6-14-9(5-15-10)12(17)18/h5-6H,3-4H2,1-2H3,(H,13,15)(H,17,18). The fourth-order valence-corrected chi connectivity index (χ4v) is 2.41. The Labute approximate surface area is 114 Å². The van der Waals surface area contributed by atoms with Crippen molar-refractivity contribution >= 4 is 23.1 Å². The predicted octanol–water partition coefficient (Wildman–Crippen LogP) is 1.90. The van der Waals surface area contributed by atoms with E-state index in [1.165, 1.54) is 17.3 Å². The van der Waals surface area contributed by atoms with Crippen LogP contribution in [-0.2, 0) is 6.42 Å². The van der Waals surface area contributed by atoms with Crippen molar-refractivity contribution in [1.82, 2.24) is 15.0 Å². The molecule has 0 unspecified atom stereocenters. The number of aromatic nitrogens is 3. The highest BCUT2D eigenvalue weighted by atomic mass is 32.1. The second-order valence-corrected chi connectivity index (χ2v) is 5.31. The van der Waals surface area contributed by atoms with E-state index < -0.39 is 5.97 Å². The van der Waals surface area contributed by atoms with Crippen LogP contribution in [0.2, 0.25) is 0 Å². The van der Waals surface area contributed by atoms with Gasteiger partial charge < -0.3 is 10.4 Å². The summed E-state index contributed by atoms with van der Waals surface area (Å²) in [6, 6.07) is 0. The first kappa shape index (κ1) is 13.4. The molecule has 2 heterocycles. The summed E-state index contributed by atoms with van der Waals surface area (Å²) in [5, 5.41) is 12.9. The number of hydrogen-bond donors (Lipinski definition) is 2. The third-order valence-corrected chi connectivity index (χ3v) is 3.72. The van der Waals surface area contributed by atoms with Gasteiger partial charge in [0.15, 0.2) is 5.69 Å². The van der Waals surface area contributed by atoms with Gasteiger partial charge in [0.05, 0.1) is 23.1 Å². The number of aryl methyl sites for hydroxylation is 2. The van der Waals surface area contributed by atoms with Gasteiger partial charge in [0.25, 0.3) is 0 Å². The van der Waals surface area contributed by atoms with Crippen LogP contribution < -0.4 is 5.32 Å². The zero-order valence-corrected chi connectivity index (χ0v) is 11.5. The molecule has 0 amide bonds. The van der Waals surface area contributed by atoms with Crippen LogP contribution in [0.3, 0.4) is 0 Å². The zero-order valence-electron chi connectivity index (χ0n) is 10.7. The van der Waals surface area contributed by atoms with Crippen LogP contribution in [0.5, 0.6) is 0 Å². The van der Waals surface area contributed by atoms with Crippen molar-refractivity contribution in [3.63, 3.8) is 0 Å². The molecule has 7 heteroatoms. The summed E-state index contributed by atoms with van der Waals surface area (Å²) in [5.41, 5.74) is 1.02. The van der Waals surface area contributed by atoms with E-state index in [-0.39, 0.29) is 5.69 Å². The van der Waals surface area contributed by atoms with E-state index in [2.05, 4.69) is 27.2 Å². The molecule has 0 aliphatic heterocycles. The topological polar surface area (TPSA) is 88.0 Å². The maximum atomic E-state index is 10.6. The third-order valence-electron chi connectivity index (χ3n) is 2.59. The number of anilines is 1. The van der Waals surface area contributed by atoms with Gasteiger partial charge in [-0.15, -0.1) is 11.3 Å². The highest BCUT2D eigenvalue weighted by Crippen LogP contribution is 2.16. The smallest absolute Gasteiger partial charge is 0.356 e. The van der Waals surface area contributed by atoms with E-state index in [1.807, 2.05) is 6.92 Å². The molecule has 19 heavy (non-hydrogen) atoms. The summed E-state index contributed by atoms with van der Waals surface area (Å²) in [6.07, 6.45) is 3.46. The lowest BCUT2D eigenvalue weighted by Crippen LogP contribution is -2.08. The van der Waals surface area contributed by atoms with Gasteiger partial charge in [0.2, 0.25) is 0 Å². The van der Waals surface area contributed by atoms with Gasteiger partial charge in [0, 0.05) is 17.8 Å². The average molecular weight is 278 g/mol. The maximum absolute atomic E-state index is 10.6. The molecule has 0 saturated carbocycles. The molecule has 0 atom stereocenters. The Morgan fingerprint density at radius 3 is 2.68 bits per heavy atom. The Hall–Kier alpha value is -2.02. The van der Waals surface area contributed by atoms with Gasteiger partial charge in [-0.3, -0.25) is 0 Å². The second-order valence-electron chi connectivity index (χ2n) is 4.02. The first-order chi connectivity index (χ1) is 9.06. The normalized spacial score (nSPS) is 10.4. The first-order valence-corrected chi connectivity index (χ1v) is 6.60. The van der Waals surface area contributed by atoms with Crippen LogP contribution in [0.15, 0.2) is 12.4 Å². The quantitative estimate of drug-likeness (QED) is 0.868. The molecule has 0 aromatic carbocycles. The van der Waals surface area contributed by atoms with Crippen molar-refractivity contribution in [2.45, 2.75) is 20.3 Å². The molecule has 6 nitrogen and oxygen atoms in total. The second kappa shape index (κ2) is 5.75. The molecule has 2 rings (SSSR count). The molecule has 2 aromatic heterocycles. The molecule has 0 fully saturated rings. The van der Waals surface area contributed by atoms with E-state index >= 15 is 0 Å². The average Bonchev–Trinajstić information content (AvgIpc) is 2.69. The summed E-state index contributed by atoms with van der Waals surface area (Å²) in [5.74, 6) is -0.511. The van der Waals surface area contributed by atoms with Gasteiger partial charge in [-0.25, -0.2) is 19.7 Å². The maximum Gasteiger partial charge on any atom is 0.356 e. The van der Waals surface area contributed by atoms with Crippen molar-refractivity contribution in [2.75, 3.05) is 11.9 Å². The fourth-order valence-electron chi connectivity index (χ4n) is 1.47. The number of carboxylic acid groups (broad SMARTS) is 1. The Balaban J connectivity index is 1.87. The number of thiazole rings is 1. The van der Waals surface area contributed by atoms with E-state index in [0.29, 0.717) is 12.4 Å². The Bertz CT molecular complexity index is 560. The highest BCUT2D eigenvalue weighted by molar-refractivity contribution is 7.11. The van der Waals surface area contributed by atoms with Crippen LogP contribution in [0.4, 0.5) is 5.82 Å². The minimum Gasteiger partial charge on any atom is -0.476 e. The fraction of sp³-hybridized carbons (Fsp3) is 0.333. The van der Waals surface area contributed by atoms with E-state index in [4.69, 9.17) is 5.11 Å². The lowest BCUT2D eigenvalue weighted by molar-refractivity contribution is 0.0690. The number of nitrogens with one attached hydrogen (secondary N) is 1. The minimum absolute atomic E-state index is 0.0586.